The van der Waals surface area contributed by atoms with Gasteiger partial charge in [0.15, 0.2) is 5.82 Å². The minimum atomic E-state index is 0.558. The van der Waals surface area contributed by atoms with Gasteiger partial charge in [0.25, 0.3) is 0 Å². The molecule has 1 aromatic heterocycles. The van der Waals surface area contributed by atoms with E-state index in [-0.39, 0.29) is 0 Å². The first-order valence-corrected chi connectivity index (χ1v) is 8.43. The number of aromatic nitrogens is 2. The predicted octanol–water partition coefficient (Wildman–Crippen LogP) is 5.26. The van der Waals surface area contributed by atoms with Crippen LogP contribution >= 0.6 is 27.5 Å². The molecule has 1 heterocycles. The van der Waals surface area contributed by atoms with Gasteiger partial charge in [-0.05, 0) is 47.3 Å². The fourth-order valence-electron chi connectivity index (χ4n) is 2.21. The van der Waals surface area contributed by atoms with Crippen LogP contribution in [0.3, 0.4) is 0 Å². The van der Waals surface area contributed by atoms with Crippen molar-refractivity contribution in [3.8, 4) is 11.4 Å². The van der Waals surface area contributed by atoms with Crippen LogP contribution < -0.4 is 5.32 Å². The van der Waals surface area contributed by atoms with Gasteiger partial charge in [-0.1, -0.05) is 30.7 Å². The van der Waals surface area contributed by atoms with Crippen molar-refractivity contribution in [2.24, 2.45) is 0 Å². The number of anilines is 1. The highest BCUT2D eigenvalue weighted by molar-refractivity contribution is 9.10. The molecule has 1 aliphatic carbocycles. The van der Waals surface area contributed by atoms with Crippen LogP contribution in [0.15, 0.2) is 28.7 Å². The van der Waals surface area contributed by atoms with E-state index in [1.54, 1.807) is 0 Å². The molecule has 0 aliphatic heterocycles. The van der Waals surface area contributed by atoms with E-state index < -0.39 is 0 Å². The molecular weight excluding hydrogens is 350 g/mol. The van der Waals surface area contributed by atoms with Crippen LogP contribution in [0.5, 0.6) is 0 Å². The summed E-state index contributed by atoms with van der Waals surface area (Å²) in [6.07, 6.45) is 3.47. The minimum absolute atomic E-state index is 0.558. The molecule has 3 nitrogen and oxygen atoms in total. The molecule has 21 heavy (non-hydrogen) atoms. The lowest BCUT2D eigenvalue weighted by molar-refractivity contribution is 0.940. The number of nitrogens with zero attached hydrogens (tertiary/aromatic N) is 2. The number of rotatable bonds is 5. The van der Waals surface area contributed by atoms with Crippen molar-refractivity contribution >= 4 is 33.3 Å². The molecule has 0 bridgehead atoms. The lowest BCUT2D eigenvalue weighted by Gasteiger charge is -2.12. The summed E-state index contributed by atoms with van der Waals surface area (Å²) < 4.78 is 1.00. The summed E-state index contributed by atoms with van der Waals surface area (Å²) in [6.45, 7) is 3.04. The van der Waals surface area contributed by atoms with E-state index in [0.29, 0.717) is 10.9 Å². The number of nitrogens with one attached hydrogen (secondary N) is 1. The Morgan fingerprint density at radius 1 is 1.33 bits per heavy atom. The fraction of sp³-hybridized carbons (Fsp3) is 0.375. The Morgan fingerprint density at radius 3 is 2.81 bits per heavy atom. The molecule has 0 unspecified atom stereocenters. The third-order valence-electron chi connectivity index (χ3n) is 3.47. The maximum Gasteiger partial charge on any atom is 0.161 e. The number of halogens is 2. The molecular formula is C16H17BrClN3. The van der Waals surface area contributed by atoms with Gasteiger partial charge in [0.05, 0.1) is 10.2 Å². The van der Waals surface area contributed by atoms with E-state index in [9.17, 15) is 0 Å². The zero-order valence-corrected chi connectivity index (χ0v) is 14.2. The van der Waals surface area contributed by atoms with Gasteiger partial charge in [0.2, 0.25) is 0 Å². The summed E-state index contributed by atoms with van der Waals surface area (Å²) in [4.78, 5) is 9.42. The first kappa shape index (κ1) is 14.8. The van der Waals surface area contributed by atoms with Crippen LogP contribution in [0.4, 0.5) is 5.82 Å². The second-order valence-corrected chi connectivity index (χ2v) is 6.54. The van der Waals surface area contributed by atoms with E-state index >= 15 is 0 Å². The van der Waals surface area contributed by atoms with Crippen LogP contribution in [-0.2, 0) is 0 Å². The smallest absolute Gasteiger partial charge is 0.161 e. The summed E-state index contributed by atoms with van der Waals surface area (Å²) in [7, 11) is 0. The molecule has 0 saturated heterocycles. The lowest BCUT2D eigenvalue weighted by Crippen LogP contribution is -2.07. The Morgan fingerprint density at radius 2 is 2.14 bits per heavy atom. The monoisotopic (exact) mass is 365 g/mol. The van der Waals surface area contributed by atoms with Crippen molar-refractivity contribution in [1.29, 1.82) is 0 Å². The van der Waals surface area contributed by atoms with Crippen molar-refractivity contribution in [2.45, 2.75) is 32.1 Å². The predicted molar refractivity (Wildman–Crippen MR) is 90.9 cm³/mol. The Kier molecular flexibility index (Phi) is 4.45. The van der Waals surface area contributed by atoms with Gasteiger partial charge in [-0.25, -0.2) is 9.97 Å². The molecule has 0 radical (unpaired) electrons. The van der Waals surface area contributed by atoms with Crippen LogP contribution in [0.2, 0.25) is 5.02 Å². The van der Waals surface area contributed by atoms with Gasteiger partial charge in [-0.3, -0.25) is 0 Å². The summed E-state index contributed by atoms with van der Waals surface area (Å²) in [5.74, 6) is 2.17. The molecule has 3 rings (SSSR count). The first-order chi connectivity index (χ1) is 10.2. The quantitative estimate of drug-likeness (QED) is 0.784. The highest BCUT2D eigenvalue weighted by Gasteiger charge is 2.29. The Labute approximate surface area is 138 Å². The summed E-state index contributed by atoms with van der Waals surface area (Å²) in [6, 6.07) is 7.70. The maximum atomic E-state index is 6.08. The molecule has 2 aromatic rings. The average molecular weight is 367 g/mol. The van der Waals surface area contributed by atoms with Crippen molar-refractivity contribution in [3.63, 3.8) is 0 Å². The van der Waals surface area contributed by atoms with Crippen molar-refractivity contribution in [2.75, 3.05) is 11.9 Å². The molecule has 110 valence electrons. The third-order valence-corrected chi connectivity index (χ3v) is 4.48. The number of hydrogen-bond donors (Lipinski definition) is 1. The zero-order valence-electron chi connectivity index (χ0n) is 11.9. The van der Waals surface area contributed by atoms with E-state index in [0.717, 1.165) is 40.3 Å². The second kappa shape index (κ2) is 6.32. The average Bonchev–Trinajstić information content (AvgIpc) is 3.31. The summed E-state index contributed by atoms with van der Waals surface area (Å²) >= 11 is 9.74. The van der Waals surface area contributed by atoms with Gasteiger partial charge >= 0.3 is 0 Å². The van der Waals surface area contributed by atoms with Gasteiger partial charge in [-0.2, -0.15) is 0 Å². The van der Waals surface area contributed by atoms with Crippen LogP contribution in [0, 0.1) is 0 Å². The molecule has 1 N–H and O–H groups in total. The molecule has 0 amide bonds. The van der Waals surface area contributed by atoms with Crippen molar-refractivity contribution in [3.05, 3.63) is 39.5 Å². The summed E-state index contributed by atoms with van der Waals surface area (Å²) in [5.41, 5.74) is 2.06. The molecule has 0 spiro atoms. The molecule has 1 aliphatic rings. The second-order valence-electron chi connectivity index (χ2n) is 5.31. The zero-order chi connectivity index (χ0) is 14.8. The van der Waals surface area contributed by atoms with Crippen LogP contribution in [-0.4, -0.2) is 16.5 Å². The highest BCUT2D eigenvalue weighted by Crippen LogP contribution is 2.44. The van der Waals surface area contributed by atoms with Crippen LogP contribution in [0.25, 0.3) is 11.4 Å². The van der Waals surface area contributed by atoms with E-state index in [1.807, 2.05) is 24.3 Å². The third kappa shape index (κ3) is 3.38. The standard InChI is InChI=1S/C16H17BrClN3/c1-2-8-19-16-13(17)14(10-6-7-10)20-15(21-16)11-4-3-5-12(18)9-11/h3-5,9-10H,2,6-8H2,1H3,(H,19,20,21). The molecule has 0 atom stereocenters. The van der Waals surface area contributed by atoms with Crippen molar-refractivity contribution < 1.29 is 0 Å². The number of benzene rings is 1. The highest BCUT2D eigenvalue weighted by atomic mass is 79.9. The largest absolute Gasteiger partial charge is 0.369 e. The van der Waals surface area contributed by atoms with Gasteiger partial charge in [0, 0.05) is 23.0 Å². The fourth-order valence-corrected chi connectivity index (χ4v) is 3.04. The first-order valence-electron chi connectivity index (χ1n) is 7.26. The van der Waals surface area contributed by atoms with Gasteiger partial charge in [0.1, 0.15) is 5.82 Å². The van der Waals surface area contributed by atoms with E-state index in [1.165, 1.54) is 12.8 Å². The number of hydrogen-bond acceptors (Lipinski definition) is 3. The molecule has 5 heteroatoms. The molecule has 1 saturated carbocycles. The van der Waals surface area contributed by atoms with Gasteiger partial charge in [-0.15, -0.1) is 0 Å². The van der Waals surface area contributed by atoms with E-state index in [2.05, 4.69) is 33.2 Å². The Bertz CT molecular complexity index is 656. The normalized spacial score (nSPS) is 14.2. The lowest BCUT2D eigenvalue weighted by atomic mass is 10.2. The summed E-state index contributed by atoms with van der Waals surface area (Å²) in [5, 5.41) is 4.08. The topological polar surface area (TPSA) is 37.8 Å². The van der Waals surface area contributed by atoms with E-state index in [4.69, 9.17) is 16.6 Å². The van der Waals surface area contributed by atoms with Gasteiger partial charge < -0.3 is 5.32 Å². The van der Waals surface area contributed by atoms with Crippen LogP contribution in [0.1, 0.15) is 37.8 Å². The molecule has 1 fully saturated rings. The Balaban J connectivity index is 2.05. The maximum absolute atomic E-state index is 6.08. The Hall–Kier alpha value is -1.13. The SMILES string of the molecule is CCCNc1nc(-c2cccc(Cl)c2)nc(C2CC2)c1Br. The molecule has 1 aromatic carbocycles. The van der Waals surface area contributed by atoms with Crippen molar-refractivity contribution in [1.82, 2.24) is 9.97 Å². The minimum Gasteiger partial charge on any atom is -0.369 e.